The van der Waals surface area contributed by atoms with Crippen molar-refractivity contribution in [2.75, 3.05) is 7.11 Å². The van der Waals surface area contributed by atoms with Gasteiger partial charge in [0.2, 0.25) is 0 Å². The monoisotopic (exact) mass is 269 g/mol. The zero-order valence-corrected chi connectivity index (χ0v) is 11.1. The molecule has 0 spiro atoms. The highest BCUT2D eigenvalue weighted by Gasteiger charge is 2.39. The minimum Gasteiger partial charge on any atom is -0.495 e. The molecule has 0 radical (unpaired) electrons. The maximum absolute atomic E-state index is 12.4. The Kier molecular flexibility index (Phi) is 3.56. The highest BCUT2D eigenvalue weighted by molar-refractivity contribution is 7.12. The summed E-state index contributed by atoms with van der Waals surface area (Å²) in [6, 6.07) is 0.959. The molecule has 0 saturated heterocycles. The van der Waals surface area contributed by atoms with Gasteiger partial charge in [-0.1, -0.05) is 0 Å². The molecule has 6 heteroatoms. The molecule has 1 N–H and O–H groups in total. The smallest absolute Gasteiger partial charge is 0.326 e. The number of carbonyl (C=O) groups is 2. The number of rotatable bonds is 5. The van der Waals surface area contributed by atoms with Crippen molar-refractivity contribution < 1.29 is 19.4 Å². The average Bonchev–Trinajstić information content (AvgIpc) is 3.05. The van der Waals surface area contributed by atoms with Crippen LogP contribution in [-0.2, 0) is 4.79 Å². The van der Waals surface area contributed by atoms with E-state index in [2.05, 4.69) is 0 Å². The number of thiophene rings is 1. The van der Waals surface area contributed by atoms with E-state index >= 15 is 0 Å². The number of carboxylic acid groups (broad SMARTS) is 1. The molecule has 1 unspecified atom stereocenters. The van der Waals surface area contributed by atoms with Gasteiger partial charge in [0.25, 0.3) is 5.91 Å². The second-order valence-corrected chi connectivity index (χ2v) is 5.19. The lowest BCUT2D eigenvalue weighted by molar-refractivity contribution is -0.141. The van der Waals surface area contributed by atoms with E-state index in [-0.39, 0.29) is 11.9 Å². The first-order valence-electron chi connectivity index (χ1n) is 5.73. The Morgan fingerprint density at radius 1 is 1.56 bits per heavy atom. The Bertz CT molecular complexity index is 466. The molecule has 0 aliphatic heterocycles. The Balaban J connectivity index is 2.26. The van der Waals surface area contributed by atoms with Crippen LogP contribution in [0.2, 0.25) is 0 Å². The third kappa shape index (κ3) is 2.33. The van der Waals surface area contributed by atoms with Crippen molar-refractivity contribution in [2.45, 2.75) is 31.8 Å². The lowest BCUT2D eigenvalue weighted by Gasteiger charge is -2.26. The molecule has 5 nitrogen and oxygen atoms in total. The highest BCUT2D eigenvalue weighted by atomic mass is 32.1. The van der Waals surface area contributed by atoms with Gasteiger partial charge in [0.1, 0.15) is 16.7 Å². The van der Waals surface area contributed by atoms with E-state index in [9.17, 15) is 9.59 Å². The van der Waals surface area contributed by atoms with E-state index in [0.717, 1.165) is 12.8 Å². The van der Waals surface area contributed by atoms with Gasteiger partial charge in [0.05, 0.1) is 7.11 Å². The number of hydrogen-bond donors (Lipinski definition) is 1. The van der Waals surface area contributed by atoms with Gasteiger partial charge < -0.3 is 14.7 Å². The van der Waals surface area contributed by atoms with Gasteiger partial charge in [-0.3, -0.25) is 4.79 Å². The van der Waals surface area contributed by atoms with Gasteiger partial charge in [-0.05, 0) is 31.2 Å². The van der Waals surface area contributed by atoms with Crippen LogP contribution in [0.4, 0.5) is 0 Å². The van der Waals surface area contributed by atoms with Crippen molar-refractivity contribution >= 4 is 23.2 Å². The molecule has 0 bridgehead atoms. The molecule has 98 valence electrons. The Morgan fingerprint density at radius 2 is 2.22 bits per heavy atom. The summed E-state index contributed by atoms with van der Waals surface area (Å²) in [5, 5.41) is 10.8. The first-order chi connectivity index (χ1) is 8.56. The number of aliphatic carboxylic acids is 1. The molecule has 1 aromatic heterocycles. The van der Waals surface area contributed by atoms with Crippen molar-refractivity contribution in [1.82, 2.24) is 4.90 Å². The normalized spacial score (nSPS) is 16.1. The SMILES string of the molecule is COc1ccsc1C(=O)N(C1CC1)C(C)C(=O)O. The minimum atomic E-state index is -0.981. The average molecular weight is 269 g/mol. The molecule has 1 fully saturated rings. The molecule has 0 aromatic carbocycles. The van der Waals surface area contributed by atoms with E-state index in [1.165, 1.54) is 23.3 Å². The molecule has 18 heavy (non-hydrogen) atoms. The van der Waals surface area contributed by atoms with Crippen LogP contribution in [-0.4, -0.2) is 41.1 Å². The molecular weight excluding hydrogens is 254 g/mol. The van der Waals surface area contributed by atoms with Crippen molar-refractivity contribution in [3.05, 3.63) is 16.3 Å². The molecule has 1 aromatic rings. The summed E-state index contributed by atoms with van der Waals surface area (Å²) < 4.78 is 5.11. The molecule has 1 heterocycles. The first kappa shape index (κ1) is 12.9. The third-order valence-corrected chi connectivity index (χ3v) is 3.88. The topological polar surface area (TPSA) is 66.8 Å². The van der Waals surface area contributed by atoms with Crippen molar-refractivity contribution in [3.63, 3.8) is 0 Å². The van der Waals surface area contributed by atoms with E-state index in [1.807, 2.05) is 0 Å². The molecule has 1 saturated carbocycles. The summed E-state index contributed by atoms with van der Waals surface area (Å²) in [6.45, 7) is 1.54. The lowest BCUT2D eigenvalue weighted by atomic mass is 10.2. The largest absolute Gasteiger partial charge is 0.495 e. The lowest BCUT2D eigenvalue weighted by Crippen LogP contribution is -2.44. The van der Waals surface area contributed by atoms with Gasteiger partial charge in [-0.25, -0.2) is 4.79 Å². The molecule has 2 rings (SSSR count). The number of amides is 1. The second-order valence-electron chi connectivity index (χ2n) is 4.28. The van der Waals surface area contributed by atoms with E-state index in [1.54, 1.807) is 18.4 Å². The van der Waals surface area contributed by atoms with Crippen LogP contribution in [0.15, 0.2) is 11.4 Å². The quantitative estimate of drug-likeness (QED) is 0.885. The van der Waals surface area contributed by atoms with Crippen molar-refractivity contribution in [1.29, 1.82) is 0 Å². The van der Waals surface area contributed by atoms with Gasteiger partial charge in [0.15, 0.2) is 0 Å². The summed E-state index contributed by atoms with van der Waals surface area (Å²) in [7, 11) is 1.50. The summed E-state index contributed by atoms with van der Waals surface area (Å²) in [5.74, 6) is -0.724. The number of carboxylic acids is 1. The maximum atomic E-state index is 12.4. The summed E-state index contributed by atoms with van der Waals surface area (Å²) in [6.07, 6.45) is 1.74. The first-order valence-corrected chi connectivity index (χ1v) is 6.61. The van der Waals surface area contributed by atoms with E-state index in [4.69, 9.17) is 9.84 Å². The third-order valence-electron chi connectivity index (χ3n) is 2.99. The van der Waals surface area contributed by atoms with Crippen LogP contribution in [0, 0.1) is 0 Å². The summed E-state index contributed by atoms with van der Waals surface area (Å²) in [4.78, 5) is 25.4. The molecule has 1 amide bonds. The maximum Gasteiger partial charge on any atom is 0.326 e. The van der Waals surface area contributed by atoms with Gasteiger partial charge in [-0.2, -0.15) is 0 Å². The van der Waals surface area contributed by atoms with Crippen molar-refractivity contribution in [2.24, 2.45) is 0 Å². The van der Waals surface area contributed by atoms with E-state index in [0.29, 0.717) is 10.6 Å². The van der Waals surface area contributed by atoms with Crippen LogP contribution in [0.1, 0.15) is 29.4 Å². The summed E-state index contributed by atoms with van der Waals surface area (Å²) in [5.41, 5.74) is 0. The van der Waals surface area contributed by atoms with Crippen LogP contribution >= 0.6 is 11.3 Å². The fourth-order valence-electron chi connectivity index (χ4n) is 1.86. The molecule has 1 aliphatic carbocycles. The molecule has 1 aliphatic rings. The minimum absolute atomic E-state index is 0.0513. The fraction of sp³-hybridized carbons (Fsp3) is 0.500. The molecular formula is C12H15NO4S. The summed E-state index contributed by atoms with van der Waals surface area (Å²) >= 11 is 1.28. The second kappa shape index (κ2) is 4.97. The number of methoxy groups -OCH3 is 1. The Labute approximate surface area is 109 Å². The van der Waals surface area contributed by atoms with Crippen LogP contribution in [0.5, 0.6) is 5.75 Å². The van der Waals surface area contributed by atoms with E-state index < -0.39 is 12.0 Å². The van der Waals surface area contributed by atoms with Gasteiger partial charge in [0, 0.05) is 6.04 Å². The highest BCUT2D eigenvalue weighted by Crippen LogP contribution is 2.33. The van der Waals surface area contributed by atoms with Crippen LogP contribution in [0.25, 0.3) is 0 Å². The standard InChI is InChI=1S/C12H15NO4S/c1-7(12(15)16)13(8-3-4-8)11(14)10-9(17-2)5-6-18-10/h5-8H,3-4H2,1-2H3,(H,15,16). The van der Waals surface area contributed by atoms with Crippen LogP contribution < -0.4 is 4.74 Å². The van der Waals surface area contributed by atoms with Gasteiger partial charge in [-0.15, -0.1) is 11.3 Å². The predicted molar refractivity (Wildman–Crippen MR) is 67.2 cm³/mol. The number of nitrogens with zero attached hydrogens (tertiary/aromatic N) is 1. The zero-order valence-electron chi connectivity index (χ0n) is 10.3. The fourth-order valence-corrected chi connectivity index (χ4v) is 2.66. The number of hydrogen-bond acceptors (Lipinski definition) is 4. The van der Waals surface area contributed by atoms with Crippen molar-refractivity contribution in [3.8, 4) is 5.75 Å². The Morgan fingerprint density at radius 3 is 2.72 bits per heavy atom. The van der Waals surface area contributed by atoms with Crippen LogP contribution in [0.3, 0.4) is 0 Å². The predicted octanol–water partition coefficient (Wildman–Crippen LogP) is 1.83. The number of carbonyl (C=O) groups excluding carboxylic acids is 1. The number of ether oxygens (including phenoxy) is 1. The zero-order chi connectivity index (χ0) is 13.3. The Hall–Kier alpha value is -1.56. The molecule has 1 atom stereocenters. The van der Waals surface area contributed by atoms with Gasteiger partial charge >= 0.3 is 5.97 Å².